The van der Waals surface area contributed by atoms with E-state index in [2.05, 4.69) is 15.7 Å². The van der Waals surface area contributed by atoms with E-state index in [4.69, 9.17) is 4.74 Å². The number of benzene rings is 2. The molecular weight excluding hydrogens is 414 g/mol. The Kier molecular flexibility index (Phi) is 7.35. The molecule has 3 rings (SSSR count). The van der Waals surface area contributed by atoms with Crippen LogP contribution in [0.4, 0.5) is 5.69 Å². The summed E-state index contributed by atoms with van der Waals surface area (Å²) in [5.41, 5.74) is 3.27. The monoisotopic (exact) mass is 445 g/mol. The Morgan fingerprint density at radius 2 is 1.84 bits per heavy atom. The minimum Gasteiger partial charge on any atom is -0.378 e. The van der Waals surface area contributed by atoms with Gasteiger partial charge in [-0.15, -0.1) is 0 Å². The van der Waals surface area contributed by atoms with Crippen molar-refractivity contribution in [3.05, 3.63) is 59.2 Å². The molecule has 1 aliphatic heterocycles. The molecule has 168 valence electrons. The Balaban J connectivity index is 1.83. The van der Waals surface area contributed by atoms with Crippen LogP contribution in [0.25, 0.3) is 0 Å². The van der Waals surface area contributed by atoms with E-state index < -0.39 is 10.0 Å². The Bertz CT molecular complexity index is 1030. The highest BCUT2D eigenvalue weighted by Gasteiger charge is 2.22. The van der Waals surface area contributed by atoms with Crippen LogP contribution in [0.2, 0.25) is 0 Å². The molecule has 2 aromatic rings. The van der Waals surface area contributed by atoms with Crippen molar-refractivity contribution in [3.8, 4) is 0 Å². The van der Waals surface area contributed by atoms with Crippen LogP contribution in [0, 0.1) is 6.92 Å². The summed E-state index contributed by atoms with van der Waals surface area (Å²) in [6.07, 6.45) is 0. The molecule has 1 N–H and O–H groups in total. The van der Waals surface area contributed by atoms with Gasteiger partial charge in [-0.2, -0.15) is 0 Å². The standard InChI is InChI=1S/C23H31N3O4S/c1-17(2)24-31(28,29)20-10-9-18(3)21(15-20)23(27)25(4)16-19-7-5-6-8-22(19)26-11-13-30-14-12-26/h5-10,15,17,24H,11-14,16H2,1-4H3. The maximum absolute atomic E-state index is 13.2. The summed E-state index contributed by atoms with van der Waals surface area (Å²) in [6, 6.07) is 12.5. The van der Waals surface area contributed by atoms with Crippen LogP contribution in [0.15, 0.2) is 47.4 Å². The van der Waals surface area contributed by atoms with Gasteiger partial charge in [-0.05, 0) is 50.1 Å². The van der Waals surface area contributed by atoms with Crippen molar-refractivity contribution >= 4 is 21.6 Å². The number of ether oxygens (including phenoxy) is 1. The molecule has 1 aliphatic rings. The number of anilines is 1. The van der Waals surface area contributed by atoms with E-state index >= 15 is 0 Å². The van der Waals surface area contributed by atoms with Crippen LogP contribution >= 0.6 is 0 Å². The number of nitrogens with one attached hydrogen (secondary N) is 1. The summed E-state index contributed by atoms with van der Waals surface area (Å²) in [6.45, 7) is 8.77. The zero-order valence-corrected chi connectivity index (χ0v) is 19.4. The van der Waals surface area contributed by atoms with Gasteiger partial charge in [0.2, 0.25) is 10.0 Å². The second-order valence-corrected chi connectivity index (χ2v) is 9.86. The van der Waals surface area contributed by atoms with Gasteiger partial charge in [0.15, 0.2) is 0 Å². The third-order valence-corrected chi connectivity index (χ3v) is 6.89. The number of hydrogen-bond donors (Lipinski definition) is 1. The van der Waals surface area contributed by atoms with Gasteiger partial charge in [0.25, 0.3) is 5.91 Å². The molecule has 0 atom stereocenters. The topological polar surface area (TPSA) is 79.0 Å². The fraction of sp³-hybridized carbons (Fsp3) is 0.435. The van der Waals surface area contributed by atoms with Gasteiger partial charge in [0.1, 0.15) is 0 Å². The molecular formula is C23H31N3O4S. The van der Waals surface area contributed by atoms with Gasteiger partial charge in [0.05, 0.1) is 18.1 Å². The number of morpholine rings is 1. The average molecular weight is 446 g/mol. The lowest BCUT2D eigenvalue weighted by Crippen LogP contribution is -2.37. The van der Waals surface area contributed by atoms with Crippen LogP contribution in [0.3, 0.4) is 0 Å². The number of para-hydroxylation sites is 1. The minimum atomic E-state index is -3.68. The molecule has 1 heterocycles. The first-order chi connectivity index (χ1) is 14.7. The van der Waals surface area contributed by atoms with Crippen LogP contribution in [0.5, 0.6) is 0 Å². The first-order valence-corrected chi connectivity index (χ1v) is 12.0. The smallest absolute Gasteiger partial charge is 0.254 e. The fourth-order valence-electron chi connectivity index (χ4n) is 3.67. The van der Waals surface area contributed by atoms with Gasteiger partial charge in [-0.3, -0.25) is 4.79 Å². The van der Waals surface area contributed by atoms with Gasteiger partial charge < -0.3 is 14.5 Å². The number of rotatable bonds is 7. The Morgan fingerprint density at radius 1 is 1.16 bits per heavy atom. The molecule has 1 fully saturated rings. The summed E-state index contributed by atoms with van der Waals surface area (Å²) < 4.78 is 33.1. The Hall–Kier alpha value is -2.42. The van der Waals surface area contributed by atoms with Crippen molar-refractivity contribution in [3.63, 3.8) is 0 Å². The maximum atomic E-state index is 13.2. The predicted octanol–water partition coefficient (Wildman–Crippen LogP) is 2.79. The quantitative estimate of drug-likeness (QED) is 0.709. The lowest BCUT2D eigenvalue weighted by molar-refractivity contribution is 0.0784. The molecule has 0 bridgehead atoms. The van der Waals surface area contributed by atoms with Crippen LogP contribution in [-0.4, -0.2) is 58.6 Å². The van der Waals surface area contributed by atoms with Crippen molar-refractivity contribution in [2.45, 2.75) is 38.3 Å². The number of carbonyl (C=O) groups excluding carboxylic acids is 1. The number of sulfonamides is 1. The largest absolute Gasteiger partial charge is 0.378 e. The third-order valence-electron chi connectivity index (χ3n) is 5.24. The Labute approximate surface area is 185 Å². The fourth-order valence-corrected chi connectivity index (χ4v) is 4.94. The number of nitrogens with zero attached hydrogens (tertiary/aromatic N) is 2. The normalized spacial score (nSPS) is 14.7. The second-order valence-electron chi connectivity index (χ2n) is 8.14. The summed E-state index contributed by atoms with van der Waals surface area (Å²) in [4.78, 5) is 17.2. The van der Waals surface area contributed by atoms with E-state index in [0.717, 1.165) is 29.9 Å². The summed E-state index contributed by atoms with van der Waals surface area (Å²) in [5.74, 6) is -0.212. The van der Waals surface area contributed by atoms with Gasteiger partial charge in [-0.25, -0.2) is 13.1 Å². The molecule has 0 unspecified atom stereocenters. The number of hydrogen-bond acceptors (Lipinski definition) is 5. The molecule has 31 heavy (non-hydrogen) atoms. The lowest BCUT2D eigenvalue weighted by atomic mass is 10.1. The molecule has 0 radical (unpaired) electrons. The van der Waals surface area contributed by atoms with E-state index in [1.807, 2.05) is 25.1 Å². The Morgan fingerprint density at radius 3 is 2.52 bits per heavy atom. The van der Waals surface area contributed by atoms with E-state index in [-0.39, 0.29) is 16.8 Å². The minimum absolute atomic E-state index is 0.0947. The summed E-state index contributed by atoms with van der Waals surface area (Å²) in [7, 11) is -1.94. The predicted molar refractivity (Wildman–Crippen MR) is 122 cm³/mol. The highest BCUT2D eigenvalue weighted by Crippen LogP contribution is 2.24. The van der Waals surface area contributed by atoms with Gasteiger partial charge in [0, 0.05) is 44.0 Å². The number of carbonyl (C=O) groups is 1. The molecule has 8 heteroatoms. The van der Waals surface area contributed by atoms with Crippen molar-refractivity contribution in [2.24, 2.45) is 0 Å². The molecule has 0 saturated carbocycles. The first-order valence-electron chi connectivity index (χ1n) is 10.5. The first kappa shape index (κ1) is 23.2. The molecule has 2 aromatic carbocycles. The highest BCUT2D eigenvalue weighted by molar-refractivity contribution is 7.89. The second kappa shape index (κ2) is 9.80. The summed E-state index contributed by atoms with van der Waals surface area (Å²) in [5, 5.41) is 0. The molecule has 1 saturated heterocycles. The lowest BCUT2D eigenvalue weighted by Gasteiger charge is -2.31. The third kappa shape index (κ3) is 5.64. The zero-order valence-electron chi connectivity index (χ0n) is 18.6. The van der Waals surface area contributed by atoms with Crippen LogP contribution < -0.4 is 9.62 Å². The molecule has 0 aliphatic carbocycles. The average Bonchev–Trinajstić information content (AvgIpc) is 2.73. The van der Waals surface area contributed by atoms with Crippen LogP contribution in [-0.2, 0) is 21.3 Å². The summed E-state index contributed by atoms with van der Waals surface area (Å²) >= 11 is 0. The van der Waals surface area contributed by atoms with Crippen LogP contribution in [0.1, 0.15) is 35.3 Å². The van der Waals surface area contributed by atoms with Crippen molar-refractivity contribution in [1.82, 2.24) is 9.62 Å². The SMILES string of the molecule is Cc1ccc(S(=O)(=O)NC(C)C)cc1C(=O)N(C)Cc1ccccc1N1CCOCC1. The number of aryl methyl sites for hydroxylation is 1. The molecule has 1 amide bonds. The zero-order chi connectivity index (χ0) is 22.6. The maximum Gasteiger partial charge on any atom is 0.254 e. The van der Waals surface area contributed by atoms with E-state index in [1.165, 1.54) is 12.1 Å². The van der Waals surface area contributed by atoms with Crippen molar-refractivity contribution in [1.29, 1.82) is 0 Å². The number of amides is 1. The van der Waals surface area contributed by atoms with Gasteiger partial charge in [-0.1, -0.05) is 24.3 Å². The van der Waals surface area contributed by atoms with E-state index in [1.54, 1.807) is 31.9 Å². The van der Waals surface area contributed by atoms with E-state index in [9.17, 15) is 13.2 Å². The highest BCUT2D eigenvalue weighted by atomic mass is 32.2. The van der Waals surface area contributed by atoms with Crippen molar-refractivity contribution < 1.29 is 17.9 Å². The van der Waals surface area contributed by atoms with Crippen molar-refractivity contribution in [2.75, 3.05) is 38.3 Å². The molecule has 0 aromatic heterocycles. The van der Waals surface area contributed by atoms with Gasteiger partial charge >= 0.3 is 0 Å². The molecule has 0 spiro atoms. The molecule has 7 nitrogen and oxygen atoms in total. The van der Waals surface area contributed by atoms with E-state index in [0.29, 0.717) is 25.3 Å².